The summed E-state index contributed by atoms with van der Waals surface area (Å²) in [5, 5.41) is 0. The van der Waals surface area contributed by atoms with E-state index in [1.807, 2.05) is 40.1 Å². The molecule has 1 aliphatic carbocycles. The molecule has 0 unspecified atom stereocenters. The fraction of sp³-hybridized carbons (Fsp3) is 0.571. The maximum absolute atomic E-state index is 5.83. The lowest BCUT2D eigenvalue weighted by Crippen LogP contribution is -2.11. The third-order valence-electron chi connectivity index (χ3n) is 2.58. The Morgan fingerprint density at radius 3 is 2.29 bits per heavy atom. The van der Waals surface area contributed by atoms with E-state index in [2.05, 4.69) is 11.0 Å². The molecule has 0 spiro atoms. The zero-order chi connectivity index (χ0) is 12.4. The van der Waals surface area contributed by atoms with Crippen LogP contribution in [0.5, 0.6) is 11.5 Å². The van der Waals surface area contributed by atoms with E-state index in [4.69, 9.17) is 9.47 Å². The van der Waals surface area contributed by atoms with Crippen LogP contribution in [0.25, 0.3) is 0 Å². The van der Waals surface area contributed by atoms with Gasteiger partial charge >= 0.3 is 0 Å². The molecule has 1 fully saturated rings. The SMILES string of the molecule is CC(C)Oc1cc(OC2CC2)cc(N(C)C)c1. The quantitative estimate of drug-likeness (QED) is 0.783. The van der Waals surface area contributed by atoms with Crippen molar-refractivity contribution >= 4 is 5.69 Å². The summed E-state index contributed by atoms with van der Waals surface area (Å²) in [6, 6.07) is 6.08. The van der Waals surface area contributed by atoms with E-state index >= 15 is 0 Å². The Morgan fingerprint density at radius 1 is 1.12 bits per heavy atom. The van der Waals surface area contributed by atoms with Crippen LogP contribution in [0.1, 0.15) is 26.7 Å². The predicted molar refractivity (Wildman–Crippen MR) is 70.2 cm³/mol. The van der Waals surface area contributed by atoms with E-state index < -0.39 is 0 Å². The van der Waals surface area contributed by atoms with Gasteiger partial charge in [-0.1, -0.05) is 0 Å². The van der Waals surface area contributed by atoms with E-state index in [1.165, 1.54) is 12.8 Å². The van der Waals surface area contributed by atoms with Crippen LogP contribution in [-0.2, 0) is 0 Å². The lowest BCUT2D eigenvalue weighted by atomic mass is 10.2. The third-order valence-corrected chi connectivity index (χ3v) is 2.58. The fourth-order valence-electron chi connectivity index (χ4n) is 1.60. The first-order valence-corrected chi connectivity index (χ1v) is 6.20. The highest BCUT2D eigenvalue weighted by atomic mass is 16.5. The fourth-order valence-corrected chi connectivity index (χ4v) is 1.60. The molecule has 1 saturated carbocycles. The Morgan fingerprint density at radius 2 is 1.76 bits per heavy atom. The molecule has 0 heterocycles. The smallest absolute Gasteiger partial charge is 0.125 e. The Bertz CT molecular complexity index is 362. The normalized spacial score (nSPS) is 14.9. The van der Waals surface area contributed by atoms with Crippen molar-refractivity contribution in [2.45, 2.75) is 38.9 Å². The van der Waals surface area contributed by atoms with Crippen molar-refractivity contribution in [2.24, 2.45) is 0 Å². The van der Waals surface area contributed by atoms with Crippen LogP contribution in [0.2, 0.25) is 0 Å². The largest absolute Gasteiger partial charge is 0.491 e. The summed E-state index contributed by atoms with van der Waals surface area (Å²) in [5.74, 6) is 1.79. The summed E-state index contributed by atoms with van der Waals surface area (Å²) in [4.78, 5) is 2.06. The van der Waals surface area contributed by atoms with Gasteiger partial charge in [-0.2, -0.15) is 0 Å². The number of benzene rings is 1. The number of ether oxygens (including phenoxy) is 2. The predicted octanol–water partition coefficient (Wildman–Crippen LogP) is 3.08. The molecule has 1 aliphatic rings. The van der Waals surface area contributed by atoms with Gasteiger partial charge in [-0.25, -0.2) is 0 Å². The summed E-state index contributed by atoms with van der Waals surface area (Å²) in [6.45, 7) is 4.06. The summed E-state index contributed by atoms with van der Waals surface area (Å²) < 4.78 is 11.6. The molecular formula is C14H21NO2. The van der Waals surface area contributed by atoms with Crippen LogP contribution < -0.4 is 14.4 Å². The van der Waals surface area contributed by atoms with Gasteiger partial charge in [0.15, 0.2) is 0 Å². The van der Waals surface area contributed by atoms with Crippen molar-refractivity contribution in [3.63, 3.8) is 0 Å². The highest BCUT2D eigenvalue weighted by Crippen LogP contribution is 2.32. The van der Waals surface area contributed by atoms with Crippen molar-refractivity contribution in [1.29, 1.82) is 0 Å². The number of anilines is 1. The number of hydrogen-bond donors (Lipinski definition) is 0. The molecule has 0 amide bonds. The van der Waals surface area contributed by atoms with Crippen LogP contribution in [-0.4, -0.2) is 26.3 Å². The van der Waals surface area contributed by atoms with E-state index in [0.29, 0.717) is 6.10 Å². The second-order valence-electron chi connectivity index (χ2n) is 5.04. The first kappa shape index (κ1) is 12.1. The van der Waals surface area contributed by atoms with Gasteiger partial charge < -0.3 is 14.4 Å². The Kier molecular flexibility index (Phi) is 3.46. The van der Waals surface area contributed by atoms with Crippen LogP contribution >= 0.6 is 0 Å². The lowest BCUT2D eigenvalue weighted by molar-refractivity contribution is 0.239. The van der Waals surface area contributed by atoms with E-state index in [0.717, 1.165) is 17.2 Å². The molecule has 0 aromatic heterocycles. The monoisotopic (exact) mass is 235 g/mol. The van der Waals surface area contributed by atoms with Crippen LogP contribution in [0, 0.1) is 0 Å². The molecule has 17 heavy (non-hydrogen) atoms. The van der Waals surface area contributed by atoms with Crippen LogP contribution in [0.3, 0.4) is 0 Å². The minimum Gasteiger partial charge on any atom is -0.491 e. The van der Waals surface area contributed by atoms with Gasteiger partial charge in [0.25, 0.3) is 0 Å². The van der Waals surface area contributed by atoms with E-state index in [-0.39, 0.29) is 6.10 Å². The number of rotatable bonds is 5. The molecular weight excluding hydrogens is 214 g/mol. The second kappa shape index (κ2) is 4.86. The summed E-state index contributed by atoms with van der Waals surface area (Å²) in [5.41, 5.74) is 1.11. The van der Waals surface area contributed by atoms with Crippen molar-refractivity contribution in [2.75, 3.05) is 19.0 Å². The highest BCUT2D eigenvalue weighted by Gasteiger charge is 2.24. The maximum atomic E-state index is 5.83. The molecule has 94 valence electrons. The topological polar surface area (TPSA) is 21.7 Å². The van der Waals surface area contributed by atoms with Crippen molar-refractivity contribution in [1.82, 2.24) is 0 Å². The molecule has 0 saturated heterocycles. The molecule has 0 aliphatic heterocycles. The number of nitrogens with zero attached hydrogens (tertiary/aromatic N) is 1. The molecule has 3 nitrogen and oxygen atoms in total. The Hall–Kier alpha value is -1.38. The van der Waals surface area contributed by atoms with Crippen LogP contribution in [0.4, 0.5) is 5.69 Å². The molecule has 3 heteroatoms. The minimum absolute atomic E-state index is 0.182. The van der Waals surface area contributed by atoms with Crippen molar-refractivity contribution in [3.05, 3.63) is 18.2 Å². The summed E-state index contributed by atoms with van der Waals surface area (Å²) >= 11 is 0. The Labute approximate surface area is 103 Å². The van der Waals surface area contributed by atoms with E-state index in [1.54, 1.807) is 0 Å². The molecule has 1 aromatic rings. The standard InChI is InChI=1S/C14H21NO2/c1-10(2)16-13-7-11(15(3)4)8-14(9-13)17-12-5-6-12/h7-10,12H,5-6H2,1-4H3. The van der Waals surface area contributed by atoms with Crippen molar-refractivity contribution < 1.29 is 9.47 Å². The molecule has 0 atom stereocenters. The van der Waals surface area contributed by atoms with Gasteiger partial charge in [0.2, 0.25) is 0 Å². The van der Waals surface area contributed by atoms with E-state index in [9.17, 15) is 0 Å². The molecule has 2 rings (SSSR count). The zero-order valence-electron chi connectivity index (χ0n) is 11.1. The van der Waals surface area contributed by atoms with Gasteiger partial charge in [0.1, 0.15) is 11.5 Å². The minimum atomic E-state index is 0.182. The molecule has 0 radical (unpaired) electrons. The lowest BCUT2D eigenvalue weighted by Gasteiger charge is -2.18. The average molecular weight is 235 g/mol. The average Bonchev–Trinajstić information content (AvgIpc) is 3.00. The van der Waals surface area contributed by atoms with Gasteiger partial charge in [0, 0.05) is 38.0 Å². The van der Waals surface area contributed by atoms with Gasteiger partial charge in [0.05, 0.1) is 12.2 Å². The summed E-state index contributed by atoms with van der Waals surface area (Å²) in [6.07, 6.45) is 2.94. The third kappa shape index (κ3) is 3.55. The van der Waals surface area contributed by atoms with Crippen molar-refractivity contribution in [3.8, 4) is 11.5 Å². The highest BCUT2D eigenvalue weighted by molar-refractivity contribution is 5.54. The first-order valence-electron chi connectivity index (χ1n) is 6.20. The maximum Gasteiger partial charge on any atom is 0.125 e. The second-order valence-corrected chi connectivity index (χ2v) is 5.04. The van der Waals surface area contributed by atoms with Gasteiger partial charge in [-0.05, 0) is 26.7 Å². The summed E-state index contributed by atoms with van der Waals surface area (Å²) in [7, 11) is 4.05. The zero-order valence-corrected chi connectivity index (χ0v) is 11.1. The molecule has 0 bridgehead atoms. The van der Waals surface area contributed by atoms with Gasteiger partial charge in [-0.3, -0.25) is 0 Å². The number of hydrogen-bond acceptors (Lipinski definition) is 3. The molecule has 1 aromatic carbocycles. The molecule has 0 N–H and O–H groups in total. The van der Waals surface area contributed by atoms with Crippen LogP contribution in [0.15, 0.2) is 18.2 Å². The Balaban J connectivity index is 2.20. The first-order chi connectivity index (χ1) is 8.04. The van der Waals surface area contributed by atoms with Gasteiger partial charge in [-0.15, -0.1) is 0 Å².